The molecule has 3 rings (SSSR count). The van der Waals surface area contributed by atoms with Crippen LogP contribution in [-0.4, -0.2) is 30.4 Å². The van der Waals surface area contributed by atoms with Gasteiger partial charge in [0, 0.05) is 11.8 Å². The number of amides is 1. The molecule has 2 bridgehead atoms. The van der Waals surface area contributed by atoms with Crippen molar-refractivity contribution in [2.45, 2.75) is 52.5 Å². The SMILES string of the molecule is CCC(=O)N1[C@@H]2C[C@H]3CC[C@@]2(CS1(=O)=O)C3(C)C. The molecule has 0 aromatic heterocycles. The van der Waals surface area contributed by atoms with Gasteiger partial charge in [0.25, 0.3) is 0 Å². The first-order valence-electron chi connectivity index (χ1n) is 6.81. The van der Waals surface area contributed by atoms with Crippen LogP contribution in [-0.2, 0) is 14.8 Å². The van der Waals surface area contributed by atoms with E-state index in [1.807, 2.05) is 0 Å². The molecular formula is C13H21NO3S. The van der Waals surface area contributed by atoms with Gasteiger partial charge in [0.1, 0.15) is 0 Å². The molecule has 0 unspecified atom stereocenters. The molecule has 1 spiro atoms. The van der Waals surface area contributed by atoms with Gasteiger partial charge in [-0.15, -0.1) is 0 Å². The first-order chi connectivity index (χ1) is 8.26. The van der Waals surface area contributed by atoms with E-state index < -0.39 is 10.0 Å². The third kappa shape index (κ3) is 1.17. The van der Waals surface area contributed by atoms with Crippen LogP contribution in [0.2, 0.25) is 0 Å². The molecule has 1 heterocycles. The van der Waals surface area contributed by atoms with Crippen molar-refractivity contribution in [3.05, 3.63) is 0 Å². The van der Waals surface area contributed by atoms with Gasteiger partial charge < -0.3 is 0 Å². The first kappa shape index (κ1) is 12.5. The second kappa shape index (κ2) is 3.30. The Hall–Kier alpha value is -0.580. The van der Waals surface area contributed by atoms with E-state index in [0.717, 1.165) is 19.3 Å². The molecule has 1 amide bonds. The molecule has 0 radical (unpaired) electrons. The number of rotatable bonds is 1. The van der Waals surface area contributed by atoms with Gasteiger partial charge in [0.15, 0.2) is 0 Å². The van der Waals surface area contributed by atoms with Gasteiger partial charge in [-0.05, 0) is 30.6 Å². The minimum Gasteiger partial charge on any atom is -0.274 e. The maximum atomic E-state index is 12.4. The Kier molecular flexibility index (Phi) is 2.28. The maximum Gasteiger partial charge on any atom is 0.238 e. The first-order valence-corrected chi connectivity index (χ1v) is 8.42. The highest BCUT2D eigenvalue weighted by Crippen LogP contribution is 2.69. The zero-order chi connectivity index (χ0) is 13.3. The van der Waals surface area contributed by atoms with E-state index in [9.17, 15) is 13.2 Å². The van der Waals surface area contributed by atoms with Crippen LogP contribution in [0.3, 0.4) is 0 Å². The number of carbonyl (C=O) groups is 1. The second-order valence-electron chi connectivity index (χ2n) is 6.66. The average Bonchev–Trinajstić information content (AvgIpc) is 2.74. The molecule has 0 N–H and O–H groups in total. The Balaban J connectivity index is 2.11. The molecule has 5 heteroatoms. The van der Waals surface area contributed by atoms with Crippen LogP contribution in [0.5, 0.6) is 0 Å². The Morgan fingerprint density at radius 3 is 2.61 bits per heavy atom. The normalized spacial score (nSPS) is 43.2. The van der Waals surface area contributed by atoms with Crippen LogP contribution in [0.4, 0.5) is 0 Å². The largest absolute Gasteiger partial charge is 0.274 e. The molecule has 2 saturated carbocycles. The van der Waals surface area contributed by atoms with Crippen molar-refractivity contribution < 1.29 is 13.2 Å². The van der Waals surface area contributed by atoms with Crippen molar-refractivity contribution in [2.24, 2.45) is 16.7 Å². The summed E-state index contributed by atoms with van der Waals surface area (Å²) in [6.45, 7) is 6.13. The average molecular weight is 271 g/mol. The quantitative estimate of drug-likeness (QED) is 0.730. The fourth-order valence-corrected chi connectivity index (χ4v) is 7.39. The Bertz CT molecular complexity index is 510. The molecule has 4 nitrogen and oxygen atoms in total. The van der Waals surface area contributed by atoms with E-state index in [-0.39, 0.29) is 35.0 Å². The lowest BCUT2D eigenvalue weighted by atomic mass is 9.69. The van der Waals surface area contributed by atoms with Crippen LogP contribution in [0, 0.1) is 16.7 Å². The number of carbonyl (C=O) groups excluding carboxylic acids is 1. The minimum atomic E-state index is -3.39. The lowest BCUT2D eigenvalue weighted by Gasteiger charge is -2.37. The lowest BCUT2D eigenvalue weighted by Crippen LogP contribution is -2.43. The highest BCUT2D eigenvalue weighted by Gasteiger charge is 2.72. The van der Waals surface area contributed by atoms with Crippen molar-refractivity contribution in [3.8, 4) is 0 Å². The maximum absolute atomic E-state index is 12.4. The van der Waals surface area contributed by atoms with E-state index in [4.69, 9.17) is 0 Å². The minimum absolute atomic E-state index is 0.0491. The molecule has 3 atom stereocenters. The van der Waals surface area contributed by atoms with E-state index in [1.165, 1.54) is 4.31 Å². The Labute approximate surface area is 109 Å². The van der Waals surface area contributed by atoms with Gasteiger partial charge in [-0.3, -0.25) is 4.79 Å². The molecule has 102 valence electrons. The summed E-state index contributed by atoms with van der Waals surface area (Å²) in [5.74, 6) is 0.533. The van der Waals surface area contributed by atoms with Crippen LogP contribution < -0.4 is 0 Å². The van der Waals surface area contributed by atoms with Crippen LogP contribution in [0.15, 0.2) is 0 Å². The van der Waals surface area contributed by atoms with E-state index >= 15 is 0 Å². The molecule has 2 aliphatic carbocycles. The number of sulfonamides is 1. The zero-order valence-corrected chi connectivity index (χ0v) is 12.1. The van der Waals surface area contributed by atoms with Gasteiger partial charge in [0.2, 0.25) is 15.9 Å². The molecule has 3 aliphatic rings. The number of nitrogens with zero attached hydrogens (tertiary/aromatic N) is 1. The van der Waals surface area contributed by atoms with Gasteiger partial charge in [-0.1, -0.05) is 20.8 Å². The Morgan fingerprint density at radius 2 is 2.06 bits per heavy atom. The molecule has 1 aliphatic heterocycles. The summed E-state index contributed by atoms with van der Waals surface area (Å²) < 4.78 is 25.9. The number of fused-ring (bicyclic) bond motifs is 1. The third-order valence-corrected chi connectivity index (χ3v) is 7.90. The van der Waals surface area contributed by atoms with Crippen LogP contribution in [0.1, 0.15) is 46.5 Å². The summed E-state index contributed by atoms with van der Waals surface area (Å²) in [7, 11) is -3.39. The molecule has 3 fully saturated rings. The Morgan fingerprint density at radius 1 is 1.39 bits per heavy atom. The van der Waals surface area contributed by atoms with Gasteiger partial charge in [-0.25, -0.2) is 12.7 Å². The fourth-order valence-electron chi connectivity index (χ4n) is 4.77. The van der Waals surface area contributed by atoms with E-state index in [2.05, 4.69) is 13.8 Å². The van der Waals surface area contributed by atoms with Gasteiger partial charge in [0.05, 0.1) is 11.8 Å². The molecule has 0 aromatic rings. The smallest absolute Gasteiger partial charge is 0.238 e. The number of hydrogen-bond acceptors (Lipinski definition) is 3. The highest BCUT2D eigenvalue weighted by atomic mass is 32.2. The molecule has 18 heavy (non-hydrogen) atoms. The van der Waals surface area contributed by atoms with E-state index in [1.54, 1.807) is 6.92 Å². The van der Waals surface area contributed by atoms with Gasteiger partial charge in [-0.2, -0.15) is 0 Å². The molecular weight excluding hydrogens is 250 g/mol. The summed E-state index contributed by atoms with van der Waals surface area (Å²) in [6.07, 6.45) is 3.23. The predicted molar refractivity (Wildman–Crippen MR) is 68.3 cm³/mol. The van der Waals surface area contributed by atoms with Crippen LogP contribution in [0.25, 0.3) is 0 Å². The third-order valence-electron chi connectivity index (χ3n) is 5.96. The summed E-state index contributed by atoms with van der Waals surface area (Å²) in [4.78, 5) is 12.0. The van der Waals surface area contributed by atoms with Crippen molar-refractivity contribution in [2.75, 3.05) is 5.75 Å². The monoisotopic (exact) mass is 271 g/mol. The van der Waals surface area contributed by atoms with Crippen molar-refractivity contribution >= 4 is 15.9 Å². The lowest BCUT2D eigenvalue weighted by molar-refractivity contribution is -0.128. The summed E-state index contributed by atoms with van der Waals surface area (Å²) >= 11 is 0. The standard InChI is InChI=1S/C13H21NO3S/c1-4-11(15)14-10-7-9-5-6-13(10,12(9,2)3)8-18(14,16)17/h9-10H,4-8H2,1-3H3/t9-,10-,13+/m1/s1. The molecule has 1 saturated heterocycles. The van der Waals surface area contributed by atoms with Crippen molar-refractivity contribution in [3.63, 3.8) is 0 Å². The summed E-state index contributed by atoms with van der Waals surface area (Å²) in [5, 5.41) is 0. The van der Waals surface area contributed by atoms with Crippen molar-refractivity contribution in [1.82, 2.24) is 4.31 Å². The molecule has 0 aromatic carbocycles. The highest BCUT2D eigenvalue weighted by molar-refractivity contribution is 7.90. The number of hydrogen-bond donors (Lipinski definition) is 0. The van der Waals surface area contributed by atoms with Crippen LogP contribution >= 0.6 is 0 Å². The summed E-state index contributed by atoms with van der Waals surface area (Å²) in [5.41, 5.74) is -0.130. The fraction of sp³-hybridized carbons (Fsp3) is 0.923. The zero-order valence-electron chi connectivity index (χ0n) is 11.3. The predicted octanol–water partition coefficient (Wildman–Crippen LogP) is 1.76. The summed E-state index contributed by atoms with van der Waals surface area (Å²) in [6, 6.07) is -0.0660. The second-order valence-corrected chi connectivity index (χ2v) is 8.51. The topological polar surface area (TPSA) is 54.5 Å². The van der Waals surface area contributed by atoms with E-state index in [0.29, 0.717) is 5.92 Å². The van der Waals surface area contributed by atoms with Crippen molar-refractivity contribution in [1.29, 1.82) is 0 Å². The van der Waals surface area contributed by atoms with Gasteiger partial charge >= 0.3 is 0 Å².